The van der Waals surface area contributed by atoms with Gasteiger partial charge in [0.15, 0.2) is 0 Å². The Morgan fingerprint density at radius 2 is 2.15 bits per heavy atom. The summed E-state index contributed by atoms with van der Waals surface area (Å²) in [4.78, 5) is 4.77. The van der Waals surface area contributed by atoms with E-state index in [1.807, 2.05) is 6.07 Å². The SMILES string of the molecule is CCN(CC)C1CCN(Cc2ccc(C#N)cc2F)C1. The summed E-state index contributed by atoms with van der Waals surface area (Å²) in [6.45, 7) is 9.16. The van der Waals surface area contributed by atoms with Crippen molar-refractivity contribution in [1.82, 2.24) is 9.80 Å². The lowest BCUT2D eigenvalue weighted by molar-refractivity contribution is 0.208. The van der Waals surface area contributed by atoms with Crippen LogP contribution in [0.3, 0.4) is 0 Å². The van der Waals surface area contributed by atoms with Gasteiger partial charge in [0.1, 0.15) is 5.82 Å². The van der Waals surface area contributed by atoms with Crippen LogP contribution in [0.1, 0.15) is 31.4 Å². The van der Waals surface area contributed by atoms with Gasteiger partial charge in [-0.3, -0.25) is 9.80 Å². The molecule has 1 fully saturated rings. The zero-order valence-electron chi connectivity index (χ0n) is 12.3. The maximum Gasteiger partial charge on any atom is 0.129 e. The Balaban J connectivity index is 1.97. The van der Waals surface area contributed by atoms with Crippen molar-refractivity contribution in [1.29, 1.82) is 5.26 Å². The zero-order valence-corrected chi connectivity index (χ0v) is 12.3. The molecule has 0 amide bonds. The minimum absolute atomic E-state index is 0.268. The molecule has 0 aromatic heterocycles. The highest BCUT2D eigenvalue weighted by Crippen LogP contribution is 2.19. The Labute approximate surface area is 120 Å². The zero-order chi connectivity index (χ0) is 14.5. The highest BCUT2D eigenvalue weighted by molar-refractivity contribution is 5.32. The molecule has 1 saturated heterocycles. The third kappa shape index (κ3) is 3.36. The molecule has 1 aliphatic rings. The van der Waals surface area contributed by atoms with Crippen molar-refractivity contribution >= 4 is 0 Å². The number of likely N-dealkylation sites (tertiary alicyclic amines) is 1. The van der Waals surface area contributed by atoms with Crippen molar-refractivity contribution in [3.63, 3.8) is 0 Å². The summed E-state index contributed by atoms with van der Waals surface area (Å²) in [5, 5.41) is 8.75. The molecule has 0 aliphatic carbocycles. The number of benzene rings is 1. The predicted molar refractivity (Wildman–Crippen MR) is 77.7 cm³/mol. The first-order chi connectivity index (χ1) is 9.67. The van der Waals surface area contributed by atoms with Crippen LogP contribution in [0.5, 0.6) is 0 Å². The minimum Gasteiger partial charge on any atom is -0.300 e. The van der Waals surface area contributed by atoms with Crippen LogP contribution < -0.4 is 0 Å². The van der Waals surface area contributed by atoms with Crippen molar-refractivity contribution in [2.24, 2.45) is 0 Å². The van der Waals surface area contributed by atoms with Crippen molar-refractivity contribution in [3.05, 3.63) is 35.1 Å². The Hall–Kier alpha value is -1.44. The molecular weight excluding hydrogens is 253 g/mol. The third-order valence-corrected chi connectivity index (χ3v) is 4.15. The normalized spacial score (nSPS) is 19.4. The van der Waals surface area contributed by atoms with E-state index in [9.17, 15) is 4.39 Å². The van der Waals surface area contributed by atoms with E-state index in [1.54, 1.807) is 12.1 Å². The van der Waals surface area contributed by atoms with Crippen LogP contribution in [-0.4, -0.2) is 42.0 Å². The molecular formula is C16H22FN3. The van der Waals surface area contributed by atoms with Gasteiger partial charge in [0.25, 0.3) is 0 Å². The number of likely N-dealkylation sites (N-methyl/N-ethyl adjacent to an activating group) is 1. The van der Waals surface area contributed by atoms with E-state index in [0.717, 1.165) is 32.6 Å². The molecule has 0 saturated carbocycles. The molecule has 1 atom stereocenters. The molecule has 1 aliphatic heterocycles. The van der Waals surface area contributed by atoms with Gasteiger partial charge < -0.3 is 0 Å². The molecule has 0 bridgehead atoms. The second kappa shape index (κ2) is 6.83. The number of hydrogen-bond donors (Lipinski definition) is 0. The molecule has 1 heterocycles. The fourth-order valence-electron chi connectivity index (χ4n) is 2.98. The van der Waals surface area contributed by atoms with E-state index in [1.165, 1.54) is 6.07 Å². The molecule has 4 heteroatoms. The van der Waals surface area contributed by atoms with Gasteiger partial charge in [-0.2, -0.15) is 5.26 Å². The number of nitrogens with zero attached hydrogens (tertiary/aromatic N) is 3. The number of nitriles is 1. The minimum atomic E-state index is -0.268. The largest absolute Gasteiger partial charge is 0.300 e. The van der Waals surface area contributed by atoms with E-state index in [-0.39, 0.29) is 5.82 Å². The summed E-state index contributed by atoms with van der Waals surface area (Å²) in [5.41, 5.74) is 1.07. The molecule has 108 valence electrons. The second-order valence-electron chi connectivity index (χ2n) is 5.32. The molecule has 0 radical (unpaired) electrons. The molecule has 1 aromatic rings. The molecule has 20 heavy (non-hydrogen) atoms. The fourth-order valence-corrected chi connectivity index (χ4v) is 2.98. The maximum absolute atomic E-state index is 13.9. The van der Waals surface area contributed by atoms with Gasteiger partial charge in [0, 0.05) is 31.2 Å². The molecule has 0 N–H and O–H groups in total. The third-order valence-electron chi connectivity index (χ3n) is 4.15. The van der Waals surface area contributed by atoms with Crippen LogP contribution in [0.25, 0.3) is 0 Å². The molecule has 2 rings (SSSR count). The average Bonchev–Trinajstić information content (AvgIpc) is 2.91. The maximum atomic E-state index is 13.9. The van der Waals surface area contributed by atoms with Gasteiger partial charge in [0.2, 0.25) is 0 Å². The monoisotopic (exact) mass is 275 g/mol. The van der Waals surface area contributed by atoms with Crippen LogP contribution in [-0.2, 0) is 6.54 Å². The van der Waals surface area contributed by atoms with Gasteiger partial charge in [-0.05, 0) is 31.6 Å². The Kier molecular flexibility index (Phi) is 5.11. The quantitative estimate of drug-likeness (QED) is 0.827. The highest BCUT2D eigenvalue weighted by Gasteiger charge is 2.26. The number of hydrogen-bond acceptors (Lipinski definition) is 3. The van der Waals surface area contributed by atoms with Crippen molar-refractivity contribution in [2.75, 3.05) is 26.2 Å². The van der Waals surface area contributed by atoms with Crippen molar-refractivity contribution in [3.8, 4) is 6.07 Å². The summed E-state index contributed by atoms with van der Waals surface area (Å²) in [7, 11) is 0. The summed E-state index contributed by atoms with van der Waals surface area (Å²) in [5.74, 6) is -0.268. The summed E-state index contributed by atoms with van der Waals surface area (Å²) >= 11 is 0. The van der Waals surface area contributed by atoms with Crippen LogP contribution in [0.2, 0.25) is 0 Å². The van der Waals surface area contributed by atoms with Crippen molar-refractivity contribution < 1.29 is 4.39 Å². The van der Waals surface area contributed by atoms with E-state index < -0.39 is 0 Å². The van der Waals surface area contributed by atoms with E-state index >= 15 is 0 Å². The molecule has 3 nitrogen and oxygen atoms in total. The van der Waals surface area contributed by atoms with Crippen LogP contribution in [0, 0.1) is 17.1 Å². The lowest BCUT2D eigenvalue weighted by Gasteiger charge is -2.26. The van der Waals surface area contributed by atoms with Crippen molar-refractivity contribution in [2.45, 2.75) is 32.9 Å². The Bertz CT molecular complexity index is 491. The van der Waals surface area contributed by atoms with Gasteiger partial charge >= 0.3 is 0 Å². The van der Waals surface area contributed by atoms with E-state index in [4.69, 9.17) is 5.26 Å². The van der Waals surface area contributed by atoms with Gasteiger partial charge in [-0.1, -0.05) is 19.9 Å². The number of halogens is 1. The van der Waals surface area contributed by atoms with E-state index in [0.29, 0.717) is 23.7 Å². The predicted octanol–water partition coefficient (Wildman–Crippen LogP) is 2.61. The first-order valence-electron chi connectivity index (χ1n) is 7.32. The first kappa shape index (κ1) is 15.0. The summed E-state index contributed by atoms with van der Waals surface area (Å²) in [6.07, 6.45) is 1.15. The Morgan fingerprint density at radius 3 is 2.75 bits per heavy atom. The lowest BCUT2D eigenvalue weighted by Crippen LogP contribution is -2.37. The second-order valence-corrected chi connectivity index (χ2v) is 5.32. The molecule has 1 unspecified atom stereocenters. The van der Waals surface area contributed by atoms with Gasteiger partial charge in [0.05, 0.1) is 11.6 Å². The number of rotatable bonds is 5. The smallest absolute Gasteiger partial charge is 0.129 e. The van der Waals surface area contributed by atoms with Gasteiger partial charge in [-0.25, -0.2) is 4.39 Å². The van der Waals surface area contributed by atoms with Crippen LogP contribution >= 0.6 is 0 Å². The standard InChI is InChI=1S/C16H22FN3/c1-3-20(4-2)15-7-8-19(12-15)11-14-6-5-13(10-18)9-16(14)17/h5-6,9,15H,3-4,7-8,11-12H2,1-2H3. The van der Waals surface area contributed by atoms with E-state index in [2.05, 4.69) is 23.6 Å². The molecule has 0 spiro atoms. The summed E-state index contributed by atoms with van der Waals surface area (Å²) < 4.78 is 13.9. The highest BCUT2D eigenvalue weighted by atomic mass is 19.1. The molecule has 1 aromatic carbocycles. The summed E-state index contributed by atoms with van der Waals surface area (Å²) in [6, 6.07) is 7.31. The first-order valence-corrected chi connectivity index (χ1v) is 7.32. The Morgan fingerprint density at radius 1 is 1.40 bits per heavy atom. The fraction of sp³-hybridized carbons (Fsp3) is 0.562. The van der Waals surface area contributed by atoms with Crippen LogP contribution in [0.15, 0.2) is 18.2 Å². The van der Waals surface area contributed by atoms with Crippen LogP contribution in [0.4, 0.5) is 4.39 Å². The lowest BCUT2D eigenvalue weighted by atomic mass is 10.1. The topological polar surface area (TPSA) is 30.3 Å². The average molecular weight is 275 g/mol. The van der Waals surface area contributed by atoms with Gasteiger partial charge in [-0.15, -0.1) is 0 Å².